The van der Waals surface area contributed by atoms with Crippen LogP contribution in [-0.4, -0.2) is 52.0 Å². The quantitative estimate of drug-likeness (QED) is 0.365. The molecule has 1 aliphatic carbocycles. The molecule has 140 valence electrons. The molecule has 0 spiro atoms. The summed E-state index contributed by atoms with van der Waals surface area (Å²) in [5.74, 6) is 1.65. The van der Waals surface area contributed by atoms with E-state index in [1.165, 1.54) is 25.7 Å². The Hall–Kier alpha value is -0.810. The van der Waals surface area contributed by atoms with Crippen LogP contribution >= 0.6 is 0 Å². The van der Waals surface area contributed by atoms with Crippen LogP contribution in [0.15, 0.2) is 4.99 Å². The molecule has 1 heterocycles. The van der Waals surface area contributed by atoms with Crippen molar-refractivity contribution in [2.24, 2.45) is 16.3 Å². The van der Waals surface area contributed by atoms with Crippen LogP contribution in [0, 0.1) is 11.3 Å². The highest BCUT2D eigenvalue weighted by atomic mass is 16.5. The zero-order valence-corrected chi connectivity index (χ0v) is 15.7. The number of rotatable bonds is 10. The van der Waals surface area contributed by atoms with Crippen molar-refractivity contribution in [1.29, 1.82) is 0 Å². The van der Waals surface area contributed by atoms with Gasteiger partial charge in [0.2, 0.25) is 0 Å². The zero-order chi connectivity index (χ0) is 17.1. The first kappa shape index (κ1) is 19.5. The molecule has 0 bridgehead atoms. The number of nitrogens with zero attached hydrogens (tertiary/aromatic N) is 1. The molecule has 0 aromatic heterocycles. The van der Waals surface area contributed by atoms with Gasteiger partial charge < -0.3 is 20.1 Å². The zero-order valence-electron chi connectivity index (χ0n) is 15.7. The fourth-order valence-corrected chi connectivity index (χ4v) is 3.43. The molecule has 2 N–H and O–H groups in total. The molecule has 24 heavy (non-hydrogen) atoms. The standard InChI is InChI=1S/C19H37N3O2/c1-3-19(9-5-10-19)16-22-18(20-4-2)21-11-6-12-24-15-17-7-13-23-14-8-17/h17H,3-16H2,1-2H3,(H2,20,21,22). The van der Waals surface area contributed by atoms with Crippen LogP contribution in [0.25, 0.3) is 0 Å². The van der Waals surface area contributed by atoms with E-state index in [1.807, 2.05) is 0 Å². The molecule has 5 nitrogen and oxygen atoms in total. The van der Waals surface area contributed by atoms with E-state index in [1.54, 1.807) is 0 Å². The molecule has 0 aromatic carbocycles. The summed E-state index contributed by atoms with van der Waals surface area (Å²) in [4.78, 5) is 4.81. The lowest BCUT2D eigenvalue weighted by Gasteiger charge is -2.40. The molecular weight excluding hydrogens is 302 g/mol. The van der Waals surface area contributed by atoms with E-state index in [2.05, 4.69) is 24.5 Å². The Balaban J connectivity index is 1.57. The van der Waals surface area contributed by atoms with Crippen molar-refractivity contribution in [2.75, 3.05) is 46.1 Å². The summed E-state index contributed by atoms with van der Waals surface area (Å²) in [6.45, 7) is 10.7. The summed E-state index contributed by atoms with van der Waals surface area (Å²) < 4.78 is 11.2. The summed E-state index contributed by atoms with van der Waals surface area (Å²) in [5.41, 5.74) is 0.481. The largest absolute Gasteiger partial charge is 0.381 e. The molecule has 0 atom stereocenters. The molecule has 0 aromatic rings. The maximum atomic E-state index is 5.82. The highest BCUT2D eigenvalue weighted by Crippen LogP contribution is 2.43. The van der Waals surface area contributed by atoms with Gasteiger partial charge in [0.05, 0.1) is 0 Å². The molecule has 5 heteroatoms. The van der Waals surface area contributed by atoms with Gasteiger partial charge in [-0.2, -0.15) is 0 Å². The van der Waals surface area contributed by atoms with Crippen molar-refractivity contribution in [2.45, 2.75) is 58.8 Å². The SMILES string of the molecule is CCNC(=NCC1(CC)CCC1)NCCCOCC1CCOCC1. The van der Waals surface area contributed by atoms with E-state index in [9.17, 15) is 0 Å². The van der Waals surface area contributed by atoms with Crippen LogP contribution in [0.3, 0.4) is 0 Å². The van der Waals surface area contributed by atoms with E-state index >= 15 is 0 Å². The third-order valence-corrected chi connectivity index (χ3v) is 5.53. The Morgan fingerprint density at radius 1 is 1.21 bits per heavy atom. The summed E-state index contributed by atoms with van der Waals surface area (Å²) in [6.07, 6.45) is 8.61. The molecule has 1 saturated heterocycles. The first-order valence-corrected chi connectivity index (χ1v) is 9.95. The second-order valence-electron chi connectivity index (χ2n) is 7.31. The van der Waals surface area contributed by atoms with E-state index in [0.717, 1.165) is 71.3 Å². The van der Waals surface area contributed by atoms with Crippen LogP contribution in [0.4, 0.5) is 0 Å². The minimum Gasteiger partial charge on any atom is -0.381 e. The minimum atomic E-state index is 0.481. The first-order valence-electron chi connectivity index (χ1n) is 9.95. The maximum absolute atomic E-state index is 5.82. The lowest BCUT2D eigenvalue weighted by atomic mass is 9.67. The van der Waals surface area contributed by atoms with Gasteiger partial charge in [0, 0.05) is 46.1 Å². The number of aliphatic imine (C=N–C) groups is 1. The second-order valence-corrected chi connectivity index (χ2v) is 7.31. The van der Waals surface area contributed by atoms with Gasteiger partial charge in [0.1, 0.15) is 0 Å². The second kappa shape index (κ2) is 10.9. The van der Waals surface area contributed by atoms with Crippen LogP contribution in [-0.2, 0) is 9.47 Å². The van der Waals surface area contributed by atoms with Crippen LogP contribution < -0.4 is 10.6 Å². The highest BCUT2D eigenvalue weighted by molar-refractivity contribution is 5.79. The first-order chi connectivity index (χ1) is 11.8. The fraction of sp³-hybridized carbons (Fsp3) is 0.947. The Morgan fingerprint density at radius 2 is 2.00 bits per heavy atom. The number of ether oxygens (including phenoxy) is 2. The van der Waals surface area contributed by atoms with Crippen LogP contribution in [0.1, 0.15) is 58.8 Å². The van der Waals surface area contributed by atoms with Gasteiger partial charge >= 0.3 is 0 Å². The average molecular weight is 340 g/mol. The predicted molar refractivity (Wildman–Crippen MR) is 99.5 cm³/mol. The molecular formula is C19H37N3O2. The summed E-state index contributed by atoms with van der Waals surface area (Å²) >= 11 is 0. The summed E-state index contributed by atoms with van der Waals surface area (Å²) in [6, 6.07) is 0. The van der Waals surface area contributed by atoms with Gasteiger partial charge in [0.15, 0.2) is 5.96 Å². The topological polar surface area (TPSA) is 54.9 Å². The highest BCUT2D eigenvalue weighted by Gasteiger charge is 2.34. The lowest BCUT2D eigenvalue weighted by Crippen LogP contribution is -2.40. The molecule has 0 amide bonds. The van der Waals surface area contributed by atoms with Gasteiger partial charge in [0.25, 0.3) is 0 Å². The van der Waals surface area contributed by atoms with Gasteiger partial charge in [-0.05, 0) is 56.8 Å². The molecule has 0 unspecified atom stereocenters. The van der Waals surface area contributed by atoms with E-state index in [-0.39, 0.29) is 0 Å². The Kier molecular flexibility index (Phi) is 8.89. The molecule has 2 fully saturated rings. The van der Waals surface area contributed by atoms with Gasteiger partial charge in [-0.15, -0.1) is 0 Å². The van der Waals surface area contributed by atoms with Gasteiger partial charge in [-0.1, -0.05) is 13.3 Å². The van der Waals surface area contributed by atoms with E-state index in [4.69, 9.17) is 14.5 Å². The smallest absolute Gasteiger partial charge is 0.191 e. The fourth-order valence-electron chi connectivity index (χ4n) is 3.43. The van der Waals surface area contributed by atoms with Crippen molar-refractivity contribution in [3.63, 3.8) is 0 Å². The summed E-state index contributed by atoms with van der Waals surface area (Å²) in [7, 11) is 0. The van der Waals surface area contributed by atoms with Crippen molar-refractivity contribution in [1.82, 2.24) is 10.6 Å². The number of guanidine groups is 1. The van der Waals surface area contributed by atoms with E-state index < -0.39 is 0 Å². The predicted octanol–water partition coefficient (Wildman–Crippen LogP) is 2.96. The van der Waals surface area contributed by atoms with Crippen molar-refractivity contribution in [3.8, 4) is 0 Å². The normalized spacial score (nSPS) is 21.3. The number of nitrogens with one attached hydrogen (secondary N) is 2. The molecule has 2 aliphatic rings. The third kappa shape index (κ3) is 6.60. The molecule has 2 rings (SSSR count). The summed E-state index contributed by atoms with van der Waals surface area (Å²) in [5, 5.41) is 6.80. The average Bonchev–Trinajstić information content (AvgIpc) is 2.58. The molecule has 1 aliphatic heterocycles. The maximum Gasteiger partial charge on any atom is 0.191 e. The van der Waals surface area contributed by atoms with Crippen molar-refractivity contribution < 1.29 is 9.47 Å². The van der Waals surface area contributed by atoms with Crippen LogP contribution in [0.2, 0.25) is 0 Å². The third-order valence-electron chi connectivity index (χ3n) is 5.53. The Labute approximate surface area is 148 Å². The number of hydrogen-bond donors (Lipinski definition) is 2. The van der Waals surface area contributed by atoms with Crippen LogP contribution in [0.5, 0.6) is 0 Å². The molecule has 1 saturated carbocycles. The van der Waals surface area contributed by atoms with Gasteiger partial charge in [-0.3, -0.25) is 4.99 Å². The number of hydrogen-bond acceptors (Lipinski definition) is 3. The minimum absolute atomic E-state index is 0.481. The Morgan fingerprint density at radius 3 is 2.62 bits per heavy atom. The Bertz CT molecular complexity index is 358. The monoisotopic (exact) mass is 339 g/mol. The van der Waals surface area contributed by atoms with Crippen molar-refractivity contribution in [3.05, 3.63) is 0 Å². The van der Waals surface area contributed by atoms with Crippen molar-refractivity contribution >= 4 is 5.96 Å². The molecule has 0 radical (unpaired) electrons. The lowest BCUT2D eigenvalue weighted by molar-refractivity contribution is 0.0203. The van der Waals surface area contributed by atoms with E-state index in [0.29, 0.717) is 11.3 Å². The van der Waals surface area contributed by atoms with Gasteiger partial charge in [-0.25, -0.2) is 0 Å².